The maximum atomic E-state index is 13.5. The molecule has 0 saturated carbocycles. The maximum absolute atomic E-state index is 13.5. The van der Waals surface area contributed by atoms with Crippen LogP contribution in [0.1, 0.15) is 25.0 Å². The lowest BCUT2D eigenvalue weighted by molar-refractivity contribution is 0.220. The summed E-state index contributed by atoms with van der Waals surface area (Å²) in [5.41, 5.74) is 0.493. The SMILES string of the molecule is Cc1cc(Br)ccc1C(C)(C)F. The summed E-state index contributed by atoms with van der Waals surface area (Å²) in [5, 5.41) is 0. The van der Waals surface area contributed by atoms with Crippen LogP contribution < -0.4 is 0 Å². The maximum Gasteiger partial charge on any atom is 0.130 e. The molecule has 0 saturated heterocycles. The molecule has 0 aliphatic carbocycles. The fraction of sp³-hybridized carbons (Fsp3) is 0.400. The van der Waals surface area contributed by atoms with Gasteiger partial charge in [-0.15, -0.1) is 0 Å². The number of aryl methyl sites for hydroxylation is 1. The molecule has 0 radical (unpaired) electrons. The van der Waals surface area contributed by atoms with Gasteiger partial charge in [0.05, 0.1) is 0 Å². The molecule has 0 aromatic heterocycles. The summed E-state index contributed by atoms with van der Waals surface area (Å²) in [6.45, 7) is 5.06. The molecule has 0 heterocycles. The highest BCUT2D eigenvalue weighted by Gasteiger charge is 2.20. The minimum Gasteiger partial charge on any atom is -0.239 e. The highest BCUT2D eigenvalue weighted by molar-refractivity contribution is 9.10. The Morgan fingerprint density at radius 3 is 2.33 bits per heavy atom. The molecule has 2 heteroatoms. The smallest absolute Gasteiger partial charge is 0.130 e. The van der Waals surface area contributed by atoms with Crippen LogP contribution in [0.5, 0.6) is 0 Å². The molecular formula is C10H12BrF. The number of hydrogen-bond donors (Lipinski definition) is 0. The van der Waals surface area contributed by atoms with Gasteiger partial charge in [-0.1, -0.05) is 22.0 Å². The summed E-state index contributed by atoms with van der Waals surface area (Å²) in [6.07, 6.45) is 0. The summed E-state index contributed by atoms with van der Waals surface area (Å²) < 4.78 is 14.5. The van der Waals surface area contributed by atoms with Gasteiger partial charge in [0, 0.05) is 4.47 Å². The Kier molecular flexibility index (Phi) is 2.57. The van der Waals surface area contributed by atoms with Gasteiger partial charge in [0.2, 0.25) is 0 Å². The van der Waals surface area contributed by atoms with Crippen LogP contribution in [-0.4, -0.2) is 0 Å². The van der Waals surface area contributed by atoms with Crippen LogP contribution in [-0.2, 0) is 5.67 Å². The third-order valence-electron chi connectivity index (χ3n) is 1.83. The lowest BCUT2D eigenvalue weighted by Crippen LogP contribution is -2.10. The van der Waals surface area contributed by atoms with Crippen molar-refractivity contribution in [2.75, 3.05) is 0 Å². The van der Waals surface area contributed by atoms with Crippen molar-refractivity contribution >= 4 is 15.9 Å². The zero-order valence-electron chi connectivity index (χ0n) is 7.49. The number of benzene rings is 1. The number of alkyl halides is 1. The molecule has 0 bridgehead atoms. The summed E-state index contributed by atoms with van der Waals surface area (Å²) in [4.78, 5) is 0. The normalized spacial score (nSPS) is 11.8. The van der Waals surface area contributed by atoms with Crippen LogP contribution >= 0.6 is 15.9 Å². The summed E-state index contributed by atoms with van der Waals surface area (Å²) >= 11 is 3.34. The Bertz CT molecular complexity index is 286. The van der Waals surface area contributed by atoms with E-state index >= 15 is 0 Å². The molecule has 0 N–H and O–H groups in total. The minimum atomic E-state index is -1.25. The van der Waals surface area contributed by atoms with E-state index in [0.717, 1.165) is 15.6 Å². The molecular weight excluding hydrogens is 219 g/mol. The predicted octanol–water partition coefficient (Wildman–Crippen LogP) is 3.96. The van der Waals surface area contributed by atoms with Crippen LogP contribution in [0, 0.1) is 6.92 Å². The quantitative estimate of drug-likeness (QED) is 0.686. The molecule has 0 amide bonds. The monoisotopic (exact) mass is 230 g/mol. The Hall–Kier alpha value is -0.370. The molecule has 12 heavy (non-hydrogen) atoms. The third-order valence-corrected chi connectivity index (χ3v) is 2.32. The van der Waals surface area contributed by atoms with E-state index in [-0.39, 0.29) is 0 Å². The van der Waals surface area contributed by atoms with Crippen molar-refractivity contribution in [2.24, 2.45) is 0 Å². The Balaban J connectivity index is 3.19. The second-order valence-electron chi connectivity index (χ2n) is 3.43. The second-order valence-corrected chi connectivity index (χ2v) is 4.35. The van der Waals surface area contributed by atoms with Gasteiger partial charge in [0.25, 0.3) is 0 Å². The van der Waals surface area contributed by atoms with Gasteiger partial charge in [0.15, 0.2) is 0 Å². The largest absolute Gasteiger partial charge is 0.239 e. The van der Waals surface area contributed by atoms with Gasteiger partial charge in [-0.3, -0.25) is 0 Å². The van der Waals surface area contributed by atoms with E-state index in [9.17, 15) is 4.39 Å². The average Bonchev–Trinajstić information content (AvgIpc) is 1.83. The van der Waals surface area contributed by atoms with E-state index < -0.39 is 5.67 Å². The fourth-order valence-corrected chi connectivity index (χ4v) is 1.77. The third kappa shape index (κ3) is 2.07. The number of rotatable bonds is 1. The first kappa shape index (κ1) is 9.72. The van der Waals surface area contributed by atoms with Crippen molar-refractivity contribution in [1.29, 1.82) is 0 Å². The Labute approximate surface area is 80.9 Å². The van der Waals surface area contributed by atoms with E-state index in [1.165, 1.54) is 0 Å². The van der Waals surface area contributed by atoms with Crippen molar-refractivity contribution in [3.05, 3.63) is 33.8 Å². The lowest BCUT2D eigenvalue weighted by atomic mass is 9.96. The zero-order chi connectivity index (χ0) is 9.35. The van der Waals surface area contributed by atoms with Gasteiger partial charge >= 0.3 is 0 Å². The molecule has 0 atom stereocenters. The van der Waals surface area contributed by atoms with Crippen LogP contribution in [0.25, 0.3) is 0 Å². The molecule has 66 valence electrons. The molecule has 0 spiro atoms. The first-order valence-electron chi connectivity index (χ1n) is 3.87. The van der Waals surface area contributed by atoms with Crippen molar-refractivity contribution in [3.63, 3.8) is 0 Å². The molecule has 1 aromatic carbocycles. The van der Waals surface area contributed by atoms with Crippen LogP contribution in [0.4, 0.5) is 4.39 Å². The summed E-state index contributed by atoms with van der Waals surface area (Å²) in [6, 6.07) is 5.61. The van der Waals surface area contributed by atoms with E-state index in [4.69, 9.17) is 0 Å². The van der Waals surface area contributed by atoms with Gasteiger partial charge in [-0.2, -0.15) is 0 Å². The van der Waals surface area contributed by atoms with E-state index in [1.54, 1.807) is 13.8 Å². The molecule has 0 fully saturated rings. The molecule has 1 rings (SSSR count). The minimum absolute atomic E-state index is 0.755. The Morgan fingerprint density at radius 1 is 1.33 bits per heavy atom. The standard InChI is InChI=1S/C10H12BrF/c1-7-6-8(11)4-5-9(7)10(2,3)12/h4-6H,1-3H3. The van der Waals surface area contributed by atoms with E-state index in [2.05, 4.69) is 15.9 Å². The van der Waals surface area contributed by atoms with Crippen LogP contribution in [0.2, 0.25) is 0 Å². The summed E-state index contributed by atoms with van der Waals surface area (Å²) in [5.74, 6) is 0. The second kappa shape index (κ2) is 3.17. The van der Waals surface area contributed by atoms with Crippen molar-refractivity contribution < 1.29 is 4.39 Å². The Morgan fingerprint density at radius 2 is 1.92 bits per heavy atom. The van der Waals surface area contributed by atoms with Crippen LogP contribution in [0.3, 0.4) is 0 Å². The van der Waals surface area contributed by atoms with E-state index in [1.807, 2.05) is 25.1 Å². The van der Waals surface area contributed by atoms with Crippen LogP contribution in [0.15, 0.2) is 22.7 Å². The molecule has 0 unspecified atom stereocenters. The van der Waals surface area contributed by atoms with Gasteiger partial charge in [-0.25, -0.2) is 4.39 Å². The van der Waals surface area contributed by atoms with E-state index in [0.29, 0.717) is 0 Å². The van der Waals surface area contributed by atoms with Gasteiger partial charge < -0.3 is 0 Å². The number of halogens is 2. The summed E-state index contributed by atoms with van der Waals surface area (Å²) in [7, 11) is 0. The topological polar surface area (TPSA) is 0 Å². The molecule has 0 aliphatic heterocycles. The first-order chi connectivity index (χ1) is 5.41. The predicted molar refractivity (Wildman–Crippen MR) is 53.0 cm³/mol. The molecule has 1 aromatic rings. The highest BCUT2D eigenvalue weighted by atomic mass is 79.9. The first-order valence-corrected chi connectivity index (χ1v) is 4.66. The lowest BCUT2D eigenvalue weighted by Gasteiger charge is -2.17. The number of hydrogen-bond acceptors (Lipinski definition) is 0. The molecule has 0 nitrogen and oxygen atoms in total. The van der Waals surface area contributed by atoms with Gasteiger partial charge in [-0.05, 0) is 44.0 Å². The van der Waals surface area contributed by atoms with Crippen molar-refractivity contribution in [1.82, 2.24) is 0 Å². The highest BCUT2D eigenvalue weighted by Crippen LogP contribution is 2.28. The van der Waals surface area contributed by atoms with Crippen molar-refractivity contribution in [3.8, 4) is 0 Å². The van der Waals surface area contributed by atoms with Crippen molar-refractivity contribution in [2.45, 2.75) is 26.4 Å². The zero-order valence-corrected chi connectivity index (χ0v) is 9.07. The molecule has 0 aliphatic rings. The fourth-order valence-electron chi connectivity index (χ4n) is 1.29. The average molecular weight is 231 g/mol. The van der Waals surface area contributed by atoms with Gasteiger partial charge in [0.1, 0.15) is 5.67 Å².